The first-order valence-electron chi connectivity index (χ1n) is 6.85. The molecule has 3 heterocycles. The number of rotatable bonds is 3. The number of hydrogen-bond acceptors (Lipinski definition) is 5. The van der Waals surface area contributed by atoms with Gasteiger partial charge in [0.1, 0.15) is 6.10 Å². The summed E-state index contributed by atoms with van der Waals surface area (Å²) in [7, 11) is 0. The number of nitrogens with one attached hydrogen (secondary N) is 1. The lowest BCUT2D eigenvalue weighted by Gasteiger charge is -2.31. The van der Waals surface area contributed by atoms with E-state index in [4.69, 9.17) is 4.74 Å². The second-order valence-electron chi connectivity index (χ2n) is 5.19. The minimum atomic E-state index is -0.0507. The standard InChI is InChI=1S/C14H19N5O/c1-10-7-11(2)17-14(16-10)13-9-19(5-6-20-13)8-12-3-4-15-18-12/h3-4,7,13H,5-6,8-9H2,1-2H3,(H,15,18)/t13-/m0/s1. The first-order chi connectivity index (χ1) is 9.70. The number of H-pyrrole nitrogens is 1. The average Bonchev–Trinajstić information content (AvgIpc) is 2.91. The van der Waals surface area contributed by atoms with E-state index in [-0.39, 0.29) is 6.10 Å². The van der Waals surface area contributed by atoms with Crippen LogP contribution >= 0.6 is 0 Å². The summed E-state index contributed by atoms with van der Waals surface area (Å²) in [5, 5.41) is 6.97. The molecule has 0 aliphatic carbocycles. The summed E-state index contributed by atoms with van der Waals surface area (Å²) in [5.74, 6) is 0.789. The third-order valence-corrected chi connectivity index (χ3v) is 3.39. The lowest BCUT2D eigenvalue weighted by molar-refractivity contribution is -0.0377. The summed E-state index contributed by atoms with van der Waals surface area (Å²) in [6, 6.07) is 3.98. The van der Waals surface area contributed by atoms with Crippen molar-refractivity contribution in [2.75, 3.05) is 19.7 Å². The molecule has 1 aliphatic heterocycles. The number of ether oxygens (including phenoxy) is 1. The third-order valence-electron chi connectivity index (χ3n) is 3.39. The van der Waals surface area contributed by atoms with Gasteiger partial charge < -0.3 is 4.74 Å². The van der Waals surface area contributed by atoms with E-state index in [1.54, 1.807) is 6.20 Å². The highest BCUT2D eigenvalue weighted by Gasteiger charge is 2.24. The molecule has 1 atom stereocenters. The molecule has 1 N–H and O–H groups in total. The van der Waals surface area contributed by atoms with Gasteiger partial charge in [0.05, 0.1) is 6.61 Å². The monoisotopic (exact) mass is 273 g/mol. The van der Waals surface area contributed by atoms with Gasteiger partial charge in [-0.1, -0.05) is 0 Å². The summed E-state index contributed by atoms with van der Waals surface area (Å²) in [6.45, 7) is 7.26. The van der Waals surface area contributed by atoms with Gasteiger partial charge in [-0.3, -0.25) is 10.00 Å². The van der Waals surface area contributed by atoms with E-state index in [9.17, 15) is 0 Å². The molecule has 0 saturated carbocycles. The maximum atomic E-state index is 5.83. The molecule has 20 heavy (non-hydrogen) atoms. The quantitative estimate of drug-likeness (QED) is 0.915. The molecule has 6 nitrogen and oxygen atoms in total. The maximum Gasteiger partial charge on any atom is 0.158 e. The lowest BCUT2D eigenvalue weighted by Crippen LogP contribution is -2.38. The minimum absolute atomic E-state index is 0.0507. The van der Waals surface area contributed by atoms with E-state index >= 15 is 0 Å². The van der Waals surface area contributed by atoms with Crippen molar-refractivity contribution in [3.05, 3.63) is 41.2 Å². The van der Waals surface area contributed by atoms with Gasteiger partial charge in [-0.2, -0.15) is 5.10 Å². The van der Waals surface area contributed by atoms with E-state index < -0.39 is 0 Å². The Balaban J connectivity index is 1.71. The fraction of sp³-hybridized carbons (Fsp3) is 0.500. The second kappa shape index (κ2) is 5.68. The molecule has 0 amide bonds. The van der Waals surface area contributed by atoms with Gasteiger partial charge >= 0.3 is 0 Å². The van der Waals surface area contributed by atoms with Crippen molar-refractivity contribution < 1.29 is 4.74 Å². The highest BCUT2D eigenvalue weighted by molar-refractivity contribution is 5.10. The van der Waals surface area contributed by atoms with E-state index in [0.29, 0.717) is 6.61 Å². The highest BCUT2D eigenvalue weighted by Crippen LogP contribution is 2.20. The molecule has 6 heteroatoms. The molecule has 0 bridgehead atoms. The largest absolute Gasteiger partial charge is 0.368 e. The molecule has 0 unspecified atom stereocenters. The van der Waals surface area contributed by atoms with Crippen LogP contribution in [0.2, 0.25) is 0 Å². The molecule has 0 aromatic carbocycles. The van der Waals surface area contributed by atoms with Gasteiger partial charge in [0.15, 0.2) is 5.82 Å². The van der Waals surface area contributed by atoms with Crippen molar-refractivity contribution >= 4 is 0 Å². The zero-order valence-corrected chi connectivity index (χ0v) is 11.8. The van der Waals surface area contributed by atoms with Crippen LogP contribution in [0.3, 0.4) is 0 Å². The maximum absolute atomic E-state index is 5.83. The van der Waals surface area contributed by atoms with Gasteiger partial charge in [0.25, 0.3) is 0 Å². The number of aryl methyl sites for hydroxylation is 2. The van der Waals surface area contributed by atoms with Gasteiger partial charge in [-0.15, -0.1) is 0 Å². The van der Waals surface area contributed by atoms with Crippen molar-refractivity contribution in [3.8, 4) is 0 Å². The van der Waals surface area contributed by atoms with Crippen LogP contribution in [-0.4, -0.2) is 44.8 Å². The van der Waals surface area contributed by atoms with Crippen LogP contribution < -0.4 is 0 Å². The summed E-state index contributed by atoms with van der Waals surface area (Å²) in [6.07, 6.45) is 1.73. The Labute approximate surface area is 118 Å². The molecule has 106 valence electrons. The van der Waals surface area contributed by atoms with Gasteiger partial charge in [0, 0.05) is 42.9 Å². The van der Waals surface area contributed by atoms with Crippen molar-refractivity contribution in [1.82, 2.24) is 25.1 Å². The zero-order chi connectivity index (χ0) is 13.9. The summed E-state index contributed by atoms with van der Waals surface area (Å²) < 4.78 is 5.83. The summed E-state index contributed by atoms with van der Waals surface area (Å²) in [5.41, 5.74) is 3.09. The Bertz CT molecular complexity index is 549. The summed E-state index contributed by atoms with van der Waals surface area (Å²) in [4.78, 5) is 11.3. The first-order valence-corrected chi connectivity index (χ1v) is 6.85. The Morgan fingerprint density at radius 2 is 2.15 bits per heavy atom. The van der Waals surface area contributed by atoms with Crippen LogP contribution in [0.15, 0.2) is 18.3 Å². The van der Waals surface area contributed by atoms with Crippen LogP contribution in [0.1, 0.15) is 29.0 Å². The van der Waals surface area contributed by atoms with Crippen LogP contribution in [0, 0.1) is 13.8 Å². The Morgan fingerprint density at radius 1 is 1.35 bits per heavy atom. The predicted molar refractivity (Wildman–Crippen MR) is 74.1 cm³/mol. The topological polar surface area (TPSA) is 66.9 Å². The van der Waals surface area contributed by atoms with Gasteiger partial charge in [-0.05, 0) is 26.0 Å². The number of hydrogen-bond donors (Lipinski definition) is 1. The van der Waals surface area contributed by atoms with Crippen LogP contribution in [0.5, 0.6) is 0 Å². The molecule has 0 radical (unpaired) electrons. The molecular formula is C14H19N5O. The molecule has 0 spiro atoms. The fourth-order valence-electron chi connectivity index (χ4n) is 2.51. The Morgan fingerprint density at radius 3 is 2.85 bits per heavy atom. The number of morpholine rings is 1. The molecule has 2 aromatic rings. The lowest BCUT2D eigenvalue weighted by atomic mass is 10.2. The average molecular weight is 273 g/mol. The zero-order valence-electron chi connectivity index (χ0n) is 11.8. The number of nitrogens with zero attached hydrogens (tertiary/aromatic N) is 4. The van der Waals surface area contributed by atoms with Crippen molar-refractivity contribution in [1.29, 1.82) is 0 Å². The molecule has 2 aromatic heterocycles. The first kappa shape index (κ1) is 13.2. The Hall–Kier alpha value is -1.79. The second-order valence-corrected chi connectivity index (χ2v) is 5.19. The predicted octanol–water partition coefficient (Wildman–Crippen LogP) is 1.39. The third kappa shape index (κ3) is 3.02. The van der Waals surface area contributed by atoms with Gasteiger partial charge in [-0.25, -0.2) is 9.97 Å². The SMILES string of the molecule is Cc1cc(C)nc([C@@H]2CN(Cc3ccn[nH]3)CCO2)n1. The normalized spacial score (nSPS) is 20.2. The molecular weight excluding hydrogens is 254 g/mol. The van der Waals surface area contributed by atoms with Crippen LogP contribution in [0.25, 0.3) is 0 Å². The Kier molecular flexibility index (Phi) is 3.75. The molecule has 1 saturated heterocycles. The van der Waals surface area contributed by atoms with Crippen molar-refractivity contribution in [2.24, 2.45) is 0 Å². The smallest absolute Gasteiger partial charge is 0.158 e. The van der Waals surface area contributed by atoms with E-state index in [1.807, 2.05) is 26.0 Å². The van der Waals surface area contributed by atoms with E-state index in [0.717, 1.165) is 42.5 Å². The molecule has 1 fully saturated rings. The number of aromatic amines is 1. The van der Waals surface area contributed by atoms with Crippen molar-refractivity contribution in [2.45, 2.75) is 26.5 Å². The molecule has 3 rings (SSSR count). The van der Waals surface area contributed by atoms with Crippen LogP contribution in [-0.2, 0) is 11.3 Å². The van der Waals surface area contributed by atoms with E-state index in [1.165, 1.54) is 0 Å². The minimum Gasteiger partial charge on any atom is -0.368 e. The van der Waals surface area contributed by atoms with E-state index in [2.05, 4.69) is 25.1 Å². The highest BCUT2D eigenvalue weighted by atomic mass is 16.5. The fourth-order valence-corrected chi connectivity index (χ4v) is 2.51. The molecule has 1 aliphatic rings. The van der Waals surface area contributed by atoms with Crippen molar-refractivity contribution in [3.63, 3.8) is 0 Å². The van der Waals surface area contributed by atoms with Crippen LogP contribution in [0.4, 0.5) is 0 Å². The van der Waals surface area contributed by atoms with Gasteiger partial charge in [0.2, 0.25) is 0 Å². The number of aromatic nitrogens is 4. The summed E-state index contributed by atoms with van der Waals surface area (Å²) >= 11 is 0.